The van der Waals surface area contributed by atoms with Gasteiger partial charge in [-0.05, 0) is 75.4 Å². The van der Waals surface area contributed by atoms with Gasteiger partial charge in [-0.1, -0.05) is 12.1 Å². The van der Waals surface area contributed by atoms with Gasteiger partial charge in [0.1, 0.15) is 22.9 Å². The Kier molecular flexibility index (Phi) is 7.68. The number of nitrogens with zero attached hydrogens (tertiary/aromatic N) is 3. The number of halogens is 4. The highest BCUT2D eigenvalue weighted by molar-refractivity contribution is 6.03. The first-order valence-electron chi connectivity index (χ1n) is 14.4. The minimum atomic E-state index is -4.86. The molecule has 2 N–H and O–H groups in total. The number of ether oxygens (including phenoxy) is 2. The average molecular weight is 614 g/mol. The highest BCUT2D eigenvalue weighted by atomic mass is 19.4. The molecule has 1 saturated heterocycles. The fourth-order valence-corrected chi connectivity index (χ4v) is 6.33. The van der Waals surface area contributed by atoms with Crippen molar-refractivity contribution in [3.8, 4) is 17.4 Å². The van der Waals surface area contributed by atoms with Gasteiger partial charge in [0.05, 0.1) is 23.9 Å². The maximum absolute atomic E-state index is 15.2. The van der Waals surface area contributed by atoms with E-state index in [0.717, 1.165) is 44.8 Å². The smallest absolute Gasteiger partial charge is 0.423 e. The van der Waals surface area contributed by atoms with Crippen LogP contribution in [0.2, 0.25) is 0 Å². The van der Waals surface area contributed by atoms with Crippen molar-refractivity contribution in [2.75, 3.05) is 32.6 Å². The van der Waals surface area contributed by atoms with Crippen LogP contribution in [0, 0.1) is 11.2 Å². The topological polar surface area (TPSA) is 106 Å². The molecule has 2 fully saturated rings. The number of methoxy groups -OCH3 is 1. The largest absolute Gasteiger partial charge is 0.495 e. The molecule has 13 heteroatoms. The first kappa shape index (κ1) is 29.8. The van der Waals surface area contributed by atoms with Crippen LogP contribution >= 0.6 is 0 Å². The molecule has 1 saturated carbocycles. The molecular formula is C31H31F4N5O4. The van der Waals surface area contributed by atoms with Gasteiger partial charge >= 0.3 is 6.18 Å². The summed E-state index contributed by atoms with van der Waals surface area (Å²) >= 11 is 0. The van der Waals surface area contributed by atoms with Crippen LogP contribution in [0.25, 0.3) is 0 Å². The lowest BCUT2D eigenvalue weighted by atomic mass is 9.60. The van der Waals surface area contributed by atoms with Crippen molar-refractivity contribution in [3.63, 3.8) is 0 Å². The van der Waals surface area contributed by atoms with E-state index in [1.54, 1.807) is 12.1 Å². The number of anilines is 2. The molecule has 0 unspecified atom stereocenters. The predicted octanol–water partition coefficient (Wildman–Crippen LogP) is 5.91. The Morgan fingerprint density at radius 3 is 2.57 bits per heavy atom. The number of Topliss-reactive ketones (excluding diaryl/α,β-unsaturated/α-hetero) is 1. The van der Waals surface area contributed by atoms with E-state index in [1.165, 1.54) is 19.2 Å². The van der Waals surface area contributed by atoms with Gasteiger partial charge in [0, 0.05) is 24.7 Å². The van der Waals surface area contributed by atoms with E-state index in [9.17, 15) is 22.8 Å². The molecule has 2 aliphatic carbocycles. The summed E-state index contributed by atoms with van der Waals surface area (Å²) in [5, 5.41) is 5.57. The number of likely N-dealkylation sites (tertiary alicyclic amines) is 1. The second kappa shape index (κ2) is 11.3. The monoisotopic (exact) mass is 613 g/mol. The summed E-state index contributed by atoms with van der Waals surface area (Å²) in [4.78, 5) is 35.3. The van der Waals surface area contributed by atoms with Crippen LogP contribution in [-0.4, -0.2) is 59.8 Å². The summed E-state index contributed by atoms with van der Waals surface area (Å²) in [7, 11) is 3.40. The number of amides is 1. The first-order valence-corrected chi connectivity index (χ1v) is 14.4. The zero-order valence-corrected chi connectivity index (χ0v) is 24.2. The van der Waals surface area contributed by atoms with Gasteiger partial charge in [-0.15, -0.1) is 0 Å². The lowest BCUT2D eigenvalue weighted by molar-refractivity contribution is -0.139. The summed E-state index contributed by atoms with van der Waals surface area (Å²) in [5.74, 6) is -2.85. The molecule has 9 nitrogen and oxygen atoms in total. The van der Waals surface area contributed by atoms with Crippen molar-refractivity contribution in [1.82, 2.24) is 20.2 Å². The third kappa shape index (κ3) is 5.80. The van der Waals surface area contributed by atoms with Gasteiger partial charge in [-0.3, -0.25) is 9.59 Å². The van der Waals surface area contributed by atoms with E-state index in [4.69, 9.17) is 9.47 Å². The van der Waals surface area contributed by atoms with Gasteiger partial charge in [0.15, 0.2) is 5.78 Å². The molecule has 2 heterocycles. The van der Waals surface area contributed by atoms with E-state index >= 15 is 4.39 Å². The fraction of sp³-hybridized carbons (Fsp3) is 0.419. The number of hydrogen-bond donors (Lipinski definition) is 2. The molecule has 1 aromatic heterocycles. The van der Waals surface area contributed by atoms with Crippen LogP contribution in [0.15, 0.2) is 36.5 Å². The van der Waals surface area contributed by atoms with Crippen molar-refractivity contribution in [3.05, 3.63) is 64.6 Å². The number of carbonyl (C=O) groups excluding carboxylic acids is 2. The third-order valence-corrected chi connectivity index (χ3v) is 8.80. The van der Waals surface area contributed by atoms with Crippen molar-refractivity contribution >= 4 is 23.3 Å². The van der Waals surface area contributed by atoms with Crippen LogP contribution in [0.1, 0.15) is 63.9 Å². The number of rotatable bonds is 7. The minimum absolute atomic E-state index is 0.0167. The van der Waals surface area contributed by atoms with Crippen LogP contribution in [-0.2, 0) is 12.6 Å². The summed E-state index contributed by atoms with van der Waals surface area (Å²) in [5.41, 5.74) is -0.372. The van der Waals surface area contributed by atoms with E-state index in [-0.39, 0.29) is 57.9 Å². The van der Waals surface area contributed by atoms with E-state index in [2.05, 4.69) is 32.5 Å². The molecular weight excluding hydrogens is 582 g/mol. The second-order valence-corrected chi connectivity index (χ2v) is 11.8. The third-order valence-electron chi connectivity index (χ3n) is 8.80. The molecule has 0 bridgehead atoms. The Morgan fingerprint density at radius 2 is 1.86 bits per heavy atom. The van der Waals surface area contributed by atoms with Gasteiger partial charge in [-0.2, -0.15) is 18.2 Å². The number of alkyl halides is 3. The molecule has 1 spiro atoms. The lowest BCUT2D eigenvalue weighted by Crippen LogP contribution is -2.54. The Bertz CT molecular complexity index is 1610. The average Bonchev–Trinajstić information content (AvgIpc) is 3.34. The van der Waals surface area contributed by atoms with Crippen LogP contribution < -0.4 is 20.1 Å². The molecule has 0 radical (unpaired) electrons. The van der Waals surface area contributed by atoms with Crippen molar-refractivity contribution < 1.29 is 36.6 Å². The zero-order chi connectivity index (χ0) is 31.2. The minimum Gasteiger partial charge on any atom is -0.495 e. The van der Waals surface area contributed by atoms with Gasteiger partial charge in [0.25, 0.3) is 5.91 Å². The highest BCUT2D eigenvalue weighted by Crippen LogP contribution is 2.49. The number of hydrogen-bond acceptors (Lipinski definition) is 8. The number of nitrogens with one attached hydrogen (secondary N) is 2. The molecule has 0 atom stereocenters. The summed E-state index contributed by atoms with van der Waals surface area (Å²) in [6.07, 6.45) is 0.217. The number of carbonyl (C=O) groups is 2. The quantitative estimate of drug-likeness (QED) is 0.317. The van der Waals surface area contributed by atoms with Crippen molar-refractivity contribution in [2.24, 2.45) is 5.41 Å². The van der Waals surface area contributed by atoms with Crippen LogP contribution in [0.3, 0.4) is 0 Å². The predicted molar refractivity (Wildman–Crippen MR) is 152 cm³/mol. The highest BCUT2D eigenvalue weighted by Gasteiger charge is 2.46. The Labute approximate surface area is 251 Å². The van der Waals surface area contributed by atoms with Crippen molar-refractivity contribution in [2.45, 2.75) is 50.7 Å². The van der Waals surface area contributed by atoms with Gasteiger partial charge < -0.3 is 25.0 Å². The number of piperidine rings is 1. The summed E-state index contributed by atoms with van der Waals surface area (Å²) < 4.78 is 67.7. The maximum atomic E-state index is 15.2. The van der Waals surface area contributed by atoms with Crippen LogP contribution in [0.4, 0.5) is 29.2 Å². The summed E-state index contributed by atoms with van der Waals surface area (Å²) in [6.45, 7) is 2.04. The molecule has 2 aromatic carbocycles. The van der Waals surface area contributed by atoms with E-state index < -0.39 is 29.3 Å². The molecule has 3 aromatic rings. The van der Waals surface area contributed by atoms with Gasteiger partial charge in [0.2, 0.25) is 11.8 Å². The number of aryl methyl sites for hydroxylation is 1. The fourth-order valence-electron chi connectivity index (χ4n) is 6.33. The second-order valence-electron chi connectivity index (χ2n) is 11.8. The van der Waals surface area contributed by atoms with E-state index in [1.807, 2.05) is 0 Å². The molecule has 6 rings (SSSR count). The molecule has 232 valence electrons. The van der Waals surface area contributed by atoms with Crippen LogP contribution in [0.5, 0.6) is 17.4 Å². The number of aromatic nitrogens is 2. The normalized spacial score (nSPS) is 18.1. The standard InChI is InChI=1S/C31H31F4N5O4/c1-40-10-8-30(9-11-40)14-18(15-30)37-27(42)19-12-25(43-2)22(13-21(19)32)38-29-36-16-20(31(33,34)35)28(39-29)44-24-5-3-4-17-6-7-23(41)26(17)24/h3-5,12-13,16,18H,6-11,14-15H2,1-2H3,(H,37,42)(H,36,38,39). The zero-order valence-electron chi connectivity index (χ0n) is 24.2. The molecule has 3 aliphatic rings. The Morgan fingerprint density at radius 1 is 1.11 bits per heavy atom. The van der Waals surface area contributed by atoms with Crippen molar-refractivity contribution in [1.29, 1.82) is 0 Å². The SMILES string of the molecule is COc1cc(C(=O)NC2CC3(CCN(C)CC3)C2)c(F)cc1Nc1ncc(C(F)(F)F)c(Oc2cccc3c2C(=O)CC3)n1. The first-order chi connectivity index (χ1) is 20.9. The molecule has 1 aliphatic heterocycles. The Balaban J connectivity index is 1.21. The maximum Gasteiger partial charge on any atom is 0.423 e. The van der Waals surface area contributed by atoms with Gasteiger partial charge in [-0.25, -0.2) is 9.37 Å². The lowest BCUT2D eigenvalue weighted by Gasteiger charge is -2.52. The number of fused-ring (bicyclic) bond motifs is 1. The number of ketones is 1. The Hall–Kier alpha value is -4.26. The molecule has 1 amide bonds. The summed E-state index contributed by atoms with van der Waals surface area (Å²) in [6, 6.07) is 6.87. The molecule has 44 heavy (non-hydrogen) atoms. The number of benzene rings is 2. The van der Waals surface area contributed by atoms with E-state index in [0.29, 0.717) is 18.2 Å².